The molecule has 2 heterocycles. The molecule has 1 aliphatic rings. The maximum atomic E-state index is 5.69. The van der Waals surface area contributed by atoms with Crippen molar-refractivity contribution in [3.05, 3.63) is 45.9 Å². The summed E-state index contributed by atoms with van der Waals surface area (Å²) in [7, 11) is 0. The molecule has 1 aromatic heterocycles. The van der Waals surface area contributed by atoms with E-state index in [1.54, 1.807) is 0 Å². The number of rotatable bonds is 2. The van der Waals surface area contributed by atoms with Crippen LogP contribution in [-0.4, -0.2) is 11.6 Å². The highest BCUT2D eigenvalue weighted by molar-refractivity contribution is 7.11. The number of aryl methyl sites for hydroxylation is 1. The van der Waals surface area contributed by atoms with Crippen molar-refractivity contribution < 1.29 is 4.74 Å². The molecule has 0 amide bonds. The minimum atomic E-state index is 0.422. The first kappa shape index (κ1) is 10.8. The van der Waals surface area contributed by atoms with E-state index in [1.807, 2.05) is 23.6 Å². The van der Waals surface area contributed by atoms with Crippen molar-refractivity contribution in [1.29, 1.82) is 0 Å². The fourth-order valence-corrected chi connectivity index (χ4v) is 3.26. The van der Waals surface area contributed by atoms with E-state index in [4.69, 9.17) is 4.74 Å². The smallest absolute Gasteiger partial charge is 0.123 e. The third-order valence-electron chi connectivity index (χ3n) is 3.18. The summed E-state index contributed by atoms with van der Waals surface area (Å²) in [6, 6.07) is 8.32. The van der Waals surface area contributed by atoms with Crippen LogP contribution in [-0.2, 0) is 6.42 Å². The predicted octanol–water partition coefficient (Wildman–Crippen LogP) is 3.62. The molecule has 0 aliphatic carbocycles. The lowest BCUT2D eigenvalue weighted by molar-refractivity contribution is 0.277. The van der Waals surface area contributed by atoms with Crippen LogP contribution in [0.2, 0.25) is 0 Å². The summed E-state index contributed by atoms with van der Waals surface area (Å²) in [4.78, 5) is 5.94. The Hall–Kier alpha value is -1.35. The molecular weight excluding hydrogens is 230 g/mol. The van der Waals surface area contributed by atoms with Gasteiger partial charge in [0, 0.05) is 22.6 Å². The van der Waals surface area contributed by atoms with Crippen LogP contribution in [0.4, 0.5) is 0 Å². The largest absolute Gasteiger partial charge is 0.493 e. The summed E-state index contributed by atoms with van der Waals surface area (Å²) >= 11 is 1.84. The van der Waals surface area contributed by atoms with Gasteiger partial charge in [-0.25, -0.2) is 4.98 Å². The maximum absolute atomic E-state index is 5.69. The van der Waals surface area contributed by atoms with Crippen LogP contribution in [0.15, 0.2) is 30.5 Å². The summed E-state index contributed by atoms with van der Waals surface area (Å²) < 4.78 is 5.69. The lowest BCUT2D eigenvalue weighted by Gasteiger charge is -2.24. The van der Waals surface area contributed by atoms with Crippen molar-refractivity contribution in [2.45, 2.75) is 25.7 Å². The number of ether oxygens (including phenoxy) is 1. The zero-order chi connectivity index (χ0) is 11.7. The molecule has 0 N–H and O–H groups in total. The van der Waals surface area contributed by atoms with Gasteiger partial charge < -0.3 is 4.74 Å². The Labute approximate surface area is 105 Å². The number of thiazole rings is 1. The van der Waals surface area contributed by atoms with Gasteiger partial charge >= 0.3 is 0 Å². The van der Waals surface area contributed by atoms with Crippen molar-refractivity contribution in [1.82, 2.24) is 4.98 Å². The van der Waals surface area contributed by atoms with E-state index in [9.17, 15) is 0 Å². The average Bonchev–Trinajstić information content (AvgIpc) is 2.87. The Morgan fingerprint density at radius 2 is 2.29 bits per heavy atom. The molecule has 1 aromatic carbocycles. The molecule has 0 bridgehead atoms. The van der Waals surface area contributed by atoms with Crippen molar-refractivity contribution in [3.63, 3.8) is 0 Å². The van der Waals surface area contributed by atoms with E-state index >= 15 is 0 Å². The van der Waals surface area contributed by atoms with Gasteiger partial charge in [-0.15, -0.1) is 11.3 Å². The molecule has 88 valence electrons. The van der Waals surface area contributed by atoms with Crippen LogP contribution in [0.1, 0.15) is 34.7 Å². The first-order valence-corrected chi connectivity index (χ1v) is 6.86. The Morgan fingerprint density at radius 1 is 1.41 bits per heavy atom. The second-order valence-corrected chi connectivity index (χ2v) is 5.39. The molecule has 1 unspecified atom stereocenters. The number of hydrogen-bond acceptors (Lipinski definition) is 3. The average molecular weight is 245 g/mol. The molecule has 2 aromatic rings. The summed E-state index contributed by atoms with van der Waals surface area (Å²) in [6.45, 7) is 2.97. The minimum Gasteiger partial charge on any atom is -0.493 e. The number of hydrogen-bond donors (Lipinski definition) is 0. The number of para-hydroxylation sites is 1. The van der Waals surface area contributed by atoms with Gasteiger partial charge in [0.2, 0.25) is 0 Å². The van der Waals surface area contributed by atoms with E-state index in [0.29, 0.717) is 5.92 Å². The van der Waals surface area contributed by atoms with E-state index in [1.165, 1.54) is 15.4 Å². The third-order valence-corrected chi connectivity index (χ3v) is 4.43. The number of nitrogens with zero attached hydrogens (tertiary/aromatic N) is 1. The topological polar surface area (TPSA) is 22.1 Å². The summed E-state index contributed by atoms with van der Waals surface area (Å²) in [5.74, 6) is 1.45. The van der Waals surface area contributed by atoms with Gasteiger partial charge in [0.05, 0.1) is 6.61 Å². The first-order valence-electron chi connectivity index (χ1n) is 6.05. The van der Waals surface area contributed by atoms with Gasteiger partial charge in [-0.1, -0.05) is 25.1 Å². The van der Waals surface area contributed by atoms with Gasteiger partial charge in [0.15, 0.2) is 0 Å². The molecule has 3 rings (SSSR count). The normalized spacial score (nSPS) is 18.5. The quantitative estimate of drug-likeness (QED) is 0.806. The molecule has 3 heteroatoms. The molecule has 0 fully saturated rings. The number of benzene rings is 1. The van der Waals surface area contributed by atoms with Gasteiger partial charge in [0.1, 0.15) is 10.8 Å². The molecular formula is C14H15NOS. The Kier molecular flexibility index (Phi) is 2.85. The van der Waals surface area contributed by atoms with Gasteiger partial charge in [-0.2, -0.15) is 0 Å². The van der Waals surface area contributed by atoms with Crippen LogP contribution >= 0.6 is 11.3 Å². The molecule has 2 nitrogen and oxygen atoms in total. The maximum Gasteiger partial charge on any atom is 0.123 e. The summed E-state index contributed by atoms with van der Waals surface area (Å²) in [6.07, 6.45) is 4.12. The van der Waals surface area contributed by atoms with Gasteiger partial charge in [-0.05, 0) is 18.9 Å². The van der Waals surface area contributed by atoms with Crippen molar-refractivity contribution >= 4 is 11.3 Å². The highest BCUT2D eigenvalue weighted by Gasteiger charge is 2.24. The fraction of sp³-hybridized carbons (Fsp3) is 0.357. The van der Waals surface area contributed by atoms with Crippen molar-refractivity contribution in [2.24, 2.45) is 0 Å². The van der Waals surface area contributed by atoms with E-state index < -0.39 is 0 Å². The Balaban J connectivity index is 1.99. The molecule has 17 heavy (non-hydrogen) atoms. The lowest BCUT2D eigenvalue weighted by atomic mass is 9.94. The number of fused-ring (bicyclic) bond motifs is 1. The predicted molar refractivity (Wildman–Crippen MR) is 69.9 cm³/mol. The summed E-state index contributed by atoms with van der Waals surface area (Å²) in [5.41, 5.74) is 1.29. The molecule has 0 saturated heterocycles. The van der Waals surface area contributed by atoms with Crippen LogP contribution < -0.4 is 4.74 Å². The molecule has 1 atom stereocenters. The second kappa shape index (κ2) is 4.49. The van der Waals surface area contributed by atoms with E-state index in [-0.39, 0.29) is 0 Å². The zero-order valence-electron chi connectivity index (χ0n) is 9.85. The van der Waals surface area contributed by atoms with Crippen LogP contribution in [0.5, 0.6) is 5.75 Å². The molecule has 0 radical (unpaired) electrons. The van der Waals surface area contributed by atoms with Crippen LogP contribution in [0.25, 0.3) is 0 Å². The van der Waals surface area contributed by atoms with Crippen LogP contribution in [0, 0.1) is 0 Å². The molecule has 0 spiro atoms. The SMILES string of the molecule is CCc1cnc(C2CCOc3ccccc32)s1. The second-order valence-electron chi connectivity index (χ2n) is 4.25. The van der Waals surface area contributed by atoms with E-state index in [2.05, 4.69) is 30.1 Å². The minimum absolute atomic E-state index is 0.422. The monoisotopic (exact) mass is 245 g/mol. The van der Waals surface area contributed by atoms with E-state index in [0.717, 1.165) is 25.2 Å². The summed E-state index contributed by atoms with van der Waals surface area (Å²) in [5, 5.41) is 1.23. The molecule has 1 aliphatic heterocycles. The van der Waals surface area contributed by atoms with Gasteiger partial charge in [0.25, 0.3) is 0 Å². The number of aromatic nitrogens is 1. The lowest BCUT2D eigenvalue weighted by Crippen LogP contribution is -2.14. The first-order chi connectivity index (χ1) is 8.38. The van der Waals surface area contributed by atoms with Crippen molar-refractivity contribution in [3.8, 4) is 5.75 Å². The Bertz CT molecular complexity index is 520. The standard InChI is InChI=1S/C14H15NOS/c1-2-10-9-15-14(17-10)12-7-8-16-13-6-4-3-5-11(12)13/h3-6,9,12H,2,7-8H2,1H3. The zero-order valence-corrected chi connectivity index (χ0v) is 10.7. The van der Waals surface area contributed by atoms with Crippen molar-refractivity contribution in [2.75, 3.05) is 6.61 Å². The molecule has 0 saturated carbocycles. The highest BCUT2D eigenvalue weighted by atomic mass is 32.1. The Morgan fingerprint density at radius 3 is 3.12 bits per heavy atom. The van der Waals surface area contributed by atoms with Crippen LogP contribution in [0.3, 0.4) is 0 Å². The highest BCUT2D eigenvalue weighted by Crippen LogP contribution is 2.39. The fourth-order valence-electron chi connectivity index (χ4n) is 2.25. The third kappa shape index (κ3) is 1.95. The van der Waals surface area contributed by atoms with Gasteiger partial charge in [-0.3, -0.25) is 0 Å².